The molecule has 106 valence electrons. The average Bonchev–Trinajstić information content (AvgIpc) is 2.47. The van der Waals surface area contributed by atoms with Crippen molar-refractivity contribution < 1.29 is 29.3 Å². The van der Waals surface area contributed by atoms with Crippen molar-refractivity contribution in [2.45, 2.75) is 20.0 Å². The summed E-state index contributed by atoms with van der Waals surface area (Å²) < 4.78 is 9.34. The van der Waals surface area contributed by atoms with Crippen LogP contribution in [0.3, 0.4) is 0 Å². The molecule has 1 rings (SSSR count). The smallest absolute Gasteiger partial charge is 0.338 e. The molecule has 1 aromatic rings. The van der Waals surface area contributed by atoms with Gasteiger partial charge in [0.1, 0.15) is 11.9 Å². The summed E-state index contributed by atoms with van der Waals surface area (Å²) in [6.45, 7) is 3.38. The Kier molecular flexibility index (Phi) is 9.03. The highest BCUT2D eigenvalue weighted by atomic mass is 16.6. The second-order valence-corrected chi connectivity index (χ2v) is 3.13. The molecule has 0 spiro atoms. The summed E-state index contributed by atoms with van der Waals surface area (Å²) >= 11 is 0. The minimum absolute atomic E-state index is 0.232. The van der Waals surface area contributed by atoms with Crippen LogP contribution in [0.4, 0.5) is 0 Å². The van der Waals surface area contributed by atoms with E-state index in [0.717, 1.165) is 0 Å². The molecule has 0 atom stereocenters. The van der Waals surface area contributed by atoms with Gasteiger partial charge in [-0.3, -0.25) is 4.79 Å². The topological polar surface area (TPSA) is 93.1 Å². The lowest BCUT2D eigenvalue weighted by atomic mass is 10.2. The standard InChI is InChI=1S/C11H12O6.C2H6/c12-5-10(6-13)17-11(15)8-1-3-9(4-2-8)16-7-14;1-2/h1-4,7,10,12-13H,5-6H2;1-2H3. The van der Waals surface area contributed by atoms with E-state index in [9.17, 15) is 9.59 Å². The van der Waals surface area contributed by atoms with Gasteiger partial charge in [-0.2, -0.15) is 0 Å². The number of benzene rings is 1. The van der Waals surface area contributed by atoms with Gasteiger partial charge in [-0.05, 0) is 24.3 Å². The molecule has 19 heavy (non-hydrogen) atoms. The minimum Gasteiger partial charge on any atom is -0.454 e. The highest BCUT2D eigenvalue weighted by molar-refractivity contribution is 5.89. The number of ether oxygens (including phenoxy) is 2. The lowest BCUT2D eigenvalue weighted by Gasteiger charge is -2.12. The molecule has 0 unspecified atom stereocenters. The summed E-state index contributed by atoms with van der Waals surface area (Å²) in [5, 5.41) is 17.5. The van der Waals surface area contributed by atoms with Crippen LogP contribution in [0.25, 0.3) is 0 Å². The lowest BCUT2D eigenvalue weighted by molar-refractivity contribution is -0.120. The minimum atomic E-state index is -0.937. The number of carbonyl (C=O) groups is 2. The summed E-state index contributed by atoms with van der Waals surface area (Å²) in [6.07, 6.45) is -0.937. The van der Waals surface area contributed by atoms with Crippen LogP contribution in [0.2, 0.25) is 0 Å². The van der Waals surface area contributed by atoms with Crippen molar-refractivity contribution in [2.24, 2.45) is 0 Å². The lowest BCUT2D eigenvalue weighted by Crippen LogP contribution is -2.25. The number of aliphatic hydroxyl groups is 2. The fourth-order valence-corrected chi connectivity index (χ4v) is 1.08. The molecule has 0 aliphatic heterocycles. The SMILES string of the molecule is CC.O=COc1ccc(C(=O)OC(CO)CO)cc1. The van der Waals surface area contributed by atoms with Gasteiger partial charge in [-0.1, -0.05) is 13.8 Å². The molecule has 1 aromatic carbocycles. The zero-order valence-corrected chi connectivity index (χ0v) is 10.9. The van der Waals surface area contributed by atoms with E-state index in [-0.39, 0.29) is 12.0 Å². The molecule has 0 aliphatic rings. The molecule has 0 fully saturated rings. The predicted octanol–water partition coefficient (Wildman–Crippen LogP) is 0.758. The highest BCUT2D eigenvalue weighted by Gasteiger charge is 2.14. The van der Waals surface area contributed by atoms with E-state index in [2.05, 4.69) is 4.74 Å². The Morgan fingerprint density at radius 2 is 1.74 bits per heavy atom. The molecule has 2 N–H and O–H groups in total. The normalized spacial score (nSPS) is 9.32. The van der Waals surface area contributed by atoms with Gasteiger partial charge in [0.25, 0.3) is 6.47 Å². The van der Waals surface area contributed by atoms with Crippen molar-refractivity contribution in [2.75, 3.05) is 13.2 Å². The van der Waals surface area contributed by atoms with Gasteiger partial charge in [0.15, 0.2) is 0 Å². The van der Waals surface area contributed by atoms with Crippen molar-refractivity contribution in [3.63, 3.8) is 0 Å². The van der Waals surface area contributed by atoms with Crippen LogP contribution < -0.4 is 4.74 Å². The second kappa shape index (κ2) is 10.0. The predicted molar refractivity (Wildman–Crippen MR) is 67.9 cm³/mol. The van der Waals surface area contributed by atoms with Crippen molar-refractivity contribution >= 4 is 12.4 Å². The molecule has 0 heterocycles. The zero-order valence-electron chi connectivity index (χ0n) is 10.9. The molecular weight excluding hydrogens is 252 g/mol. The number of hydrogen-bond donors (Lipinski definition) is 2. The van der Waals surface area contributed by atoms with Gasteiger partial charge in [0.2, 0.25) is 0 Å². The molecule has 0 aromatic heterocycles. The molecule has 0 amide bonds. The first-order valence-electron chi connectivity index (χ1n) is 5.84. The summed E-state index contributed by atoms with van der Waals surface area (Å²) in [5.41, 5.74) is 0.232. The van der Waals surface area contributed by atoms with Crippen LogP contribution in [0.1, 0.15) is 24.2 Å². The van der Waals surface area contributed by atoms with E-state index < -0.39 is 25.3 Å². The van der Waals surface area contributed by atoms with Crippen LogP contribution in [0.5, 0.6) is 5.75 Å². The summed E-state index contributed by atoms with van der Waals surface area (Å²) in [5.74, 6) is -0.367. The molecule has 0 radical (unpaired) electrons. The zero-order chi connectivity index (χ0) is 14.7. The van der Waals surface area contributed by atoms with Crippen LogP contribution in [0, 0.1) is 0 Å². The number of hydrogen-bond acceptors (Lipinski definition) is 6. The van der Waals surface area contributed by atoms with E-state index >= 15 is 0 Å². The van der Waals surface area contributed by atoms with Gasteiger partial charge in [-0.15, -0.1) is 0 Å². The van der Waals surface area contributed by atoms with Crippen LogP contribution in [-0.4, -0.2) is 42.0 Å². The number of carbonyl (C=O) groups excluding carboxylic acids is 2. The highest BCUT2D eigenvalue weighted by Crippen LogP contribution is 2.12. The molecule has 0 saturated heterocycles. The van der Waals surface area contributed by atoms with Crippen molar-refractivity contribution in [1.82, 2.24) is 0 Å². The van der Waals surface area contributed by atoms with Crippen molar-refractivity contribution in [3.8, 4) is 5.75 Å². The second-order valence-electron chi connectivity index (χ2n) is 3.13. The van der Waals surface area contributed by atoms with Crippen LogP contribution in [-0.2, 0) is 9.53 Å². The van der Waals surface area contributed by atoms with Gasteiger partial charge in [0, 0.05) is 0 Å². The molecule has 0 bridgehead atoms. The summed E-state index contributed by atoms with van der Waals surface area (Å²) in [4.78, 5) is 21.5. The van der Waals surface area contributed by atoms with E-state index in [4.69, 9.17) is 14.9 Å². The fourth-order valence-electron chi connectivity index (χ4n) is 1.08. The Labute approximate surface area is 111 Å². The molecule has 6 nitrogen and oxygen atoms in total. The Balaban J connectivity index is 0.00000154. The average molecular weight is 270 g/mol. The third-order valence-electron chi connectivity index (χ3n) is 1.96. The first kappa shape index (κ1) is 17.1. The monoisotopic (exact) mass is 270 g/mol. The molecule has 0 saturated carbocycles. The van der Waals surface area contributed by atoms with E-state index in [1.54, 1.807) is 0 Å². The third kappa shape index (κ3) is 5.98. The van der Waals surface area contributed by atoms with Gasteiger partial charge >= 0.3 is 5.97 Å². The van der Waals surface area contributed by atoms with E-state index in [1.807, 2.05) is 13.8 Å². The van der Waals surface area contributed by atoms with E-state index in [1.165, 1.54) is 24.3 Å². The maximum absolute atomic E-state index is 11.5. The molecular formula is C13H18O6. The molecule has 0 aliphatic carbocycles. The van der Waals surface area contributed by atoms with Crippen LogP contribution >= 0.6 is 0 Å². The molecule has 6 heteroatoms. The Hall–Kier alpha value is -1.92. The van der Waals surface area contributed by atoms with Gasteiger partial charge in [0.05, 0.1) is 18.8 Å². The number of aliphatic hydroxyl groups excluding tert-OH is 2. The Morgan fingerprint density at radius 1 is 1.21 bits per heavy atom. The quantitative estimate of drug-likeness (QED) is 0.585. The van der Waals surface area contributed by atoms with Crippen LogP contribution in [0.15, 0.2) is 24.3 Å². The van der Waals surface area contributed by atoms with E-state index in [0.29, 0.717) is 5.75 Å². The fraction of sp³-hybridized carbons (Fsp3) is 0.385. The van der Waals surface area contributed by atoms with Crippen molar-refractivity contribution in [3.05, 3.63) is 29.8 Å². The maximum Gasteiger partial charge on any atom is 0.338 e. The Bertz CT molecular complexity index is 369. The van der Waals surface area contributed by atoms with Crippen molar-refractivity contribution in [1.29, 1.82) is 0 Å². The van der Waals surface area contributed by atoms with Gasteiger partial charge < -0.3 is 19.7 Å². The summed E-state index contributed by atoms with van der Waals surface area (Å²) in [6, 6.07) is 5.68. The largest absolute Gasteiger partial charge is 0.454 e. The number of esters is 1. The third-order valence-corrected chi connectivity index (χ3v) is 1.96. The maximum atomic E-state index is 11.5. The first-order valence-corrected chi connectivity index (χ1v) is 5.84. The number of rotatable bonds is 6. The summed E-state index contributed by atoms with van der Waals surface area (Å²) in [7, 11) is 0. The Morgan fingerprint density at radius 3 is 2.16 bits per heavy atom. The van der Waals surface area contributed by atoms with Gasteiger partial charge in [-0.25, -0.2) is 4.79 Å². The first-order chi connectivity index (χ1) is 9.21.